The van der Waals surface area contributed by atoms with Crippen LogP contribution in [0.5, 0.6) is 0 Å². The van der Waals surface area contributed by atoms with Crippen molar-refractivity contribution in [3.05, 3.63) is 11.6 Å². The predicted octanol–water partition coefficient (Wildman–Crippen LogP) is 4.28. The van der Waals surface area contributed by atoms with Crippen molar-refractivity contribution in [2.45, 2.75) is 102 Å². The maximum atomic E-state index is 17.6. The SMILES string of the molecule is CC1(C)O[C@@H]2C[C@H]3[C@]4(C)CCC5=CC(=O)CC[C@]5(C)[C@@]4(F)[C@@H](O)C[C@]3(C)[C@]2(C(=O)CCl)O1. The van der Waals surface area contributed by atoms with Crippen molar-refractivity contribution in [1.29, 1.82) is 0 Å². The third kappa shape index (κ3) is 2.31. The van der Waals surface area contributed by atoms with Crippen molar-refractivity contribution in [3.8, 4) is 0 Å². The number of carbonyl (C=O) groups is 2. The molecule has 5 aliphatic rings. The van der Waals surface area contributed by atoms with Gasteiger partial charge in [-0.1, -0.05) is 26.3 Å². The first-order chi connectivity index (χ1) is 14.7. The lowest BCUT2D eigenvalue weighted by Crippen LogP contribution is -2.74. The van der Waals surface area contributed by atoms with Crippen molar-refractivity contribution in [3.63, 3.8) is 0 Å². The lowest BCUT2D eigenvalue weighted by molar-refractivity contribution is -0.279. The molecule has 0 aromatic carbocycles. The summed E-state index contributed by atoms with van der Waals surface area (Å²) in [5, 5.41) is 11.6. The summed E-state index contributed by atoms with van der Waals surface area (Å²) < 4.78 is 30.2. The molecule has 1 aliphatic heterocycles. The van der Waals surface area contributed by atoms with Crippen LogP contribution in [0.2, 0.25) is 0 Å². The molecule has 0 aromatic heterocycles. The average Bonchev–Trinajstić information content (AvgIpc) is 3.12. The maximum absolute atomic E-state index is 17.6. The van der Waals surface area contributed by atoms with E-state index in [9.17, 15) is 14.7 Å². The van der Waals surface area contributed by atoms with Crippen LogP contribution in [-0.4, -0.2) is 51.8 Å². The Bertz CT molecular complexity index is 933. The third-order valence-electron chi connectivity index (χ3n) is 10.2. The zero-order valence-corrected chi connectivity index (χ0v) is 20.4. The first kappa shape index (κ1) is 22.9. The third-order valence-corrected chi connectivity index (χ3v) is 10.4. The minimum absolute atomic E-state index is 0.0332. The second kappa shape index (κ2) is 6.44. The number of alkyl halides is 2. The summed E-state index contributed by atoms with van der Waals surface area (Å²) in [5.41, 5.74) is -5.08. The lowest BCUT2D eigenvalue weighted by Gasteiger charge is -2.68. The molecule has 178 valence electrons. The van der Waals surface area contributed by atoms with Crippen molar-refractivity contribution < 1.29 is 28.6 Å². The molecule has 5 rings (SSSR count). The minimum atomic E-state index is -1.92. The van der Waals surface area contributed by atoms with Gasteiger partial charge in [-0.15, -0.1) is 11.6 Å². The van der Waals surface area contributed by atoms with E-state index in [2.05, 4.69) is 0 Å². The number of carbonyl (C=O) groups excluding carboxylic acids is 2. The van der Waals surface area contributed by atoms with E-state index < -0.39 is 45.5 Å². The summed E-state index contributed by atoms with van der Waals surface area (Å²) in [4.78, 5) is 25.5. The van der Waals surface area contributed by atoms with Gasteiger partial charge in [0.25, 0.3) is 0 Å². The number of aliphatic hydroxyl groups is 1. The Balaban J connectivity index is 1.68. The van der Waals surface area contributed by atoms with Crippen LogP contribution in [0.1, 0.15) is 73.1 Å². The number of rotatable bonds is 2. The van der Waals surface area contributed by atoms with Crippen LogP contribution in [0.3, 0.4) is 0 Å². The second-order valence-corrected chi connectivity index (χ2v) is 12.2. The van der Waals surface area contributed by atoms with Crippen molar-refractivity contribution in [1.82, 2.24) is 0 Å². The highest BCUT2D eigenvalue weighted by Crippen LogP contribution is 2.76. The van der Waals surface area contributed by atoms with Gasteiger partial charge in [0.05, 0.1) is 18.1 Å². The Morgan fingerprint density at radius 1 is 1.19 bits per heavy atom. The van der Waals surface area contributed by atoms with E-state index in [4.69, 9.17) is 21.1 Å². The molecule has 0 spiro atoms. The number of Topliss-reactive ketones (excluding diaryl/α,β-unsaturated/α-hetero) is 1. The van der Waals surface area contributed by atoms with Gasteiger partial charge in [-0.25, -0.2) is 4.39 Å². The normalized spacial score (nSPS) is 53.7. The van der Waals surface area contributed by atoms with Gasteiger partial charge in [-0.2, -0.15) is 0 Å². The zero-order valence-electron chi connectivity index (χ0n) is 19.6. The number of ether oxygens (including phenoxy) is 2. The summed E-state index contributed by atoms with van der Waals surface area (Å²) in [7, 11) is 0. The topological polar surface area (TPSA) is 72.8 Å². The second-order valence-electron chi connectivity index (χ2n) is 11.9. The molecule has 1 N–H and O–H groups in total. The van der Waals surface area contributed by atoms with Crippen molar-refractivity contribution in [2.24, 2.45) is 22.2 Å². The van der Waals surface area contributed by atoms with E-state index in [0.717, 1.165) is 5.57 Å². The van der Waals surface area contributed by atoms with Crippen LogP contribution < -0.4 is 0 Å². The van der Waals surface area contributed by atoms with Gasteiger partial charge in [-0.3, -0.25) is 9.59 Å². The number of allylic oxidation sites excluding steroid dienone is 1. The summed E-state index contributed by atoms with van der Waals surface area (Å²) in [6.07, 6.45) is 2.11. The number of ketones is 2. The fourth-order valence-corrected chi connectivity index (χ4v) is 9.09. The molecule has 0 radical (unpaired) electrons. The molecular formula is C25H34ClFO5. The van der Waals surface area contributed by atoms with Gasteiger partial charge >= 0.3 is 0 Å². The molecule has 1 saturated heterocycles. The first-order valence-electron chi connectivity index (χ1n) is 11.8. The van der Waals surface area contributed by atoms with Crippen LogP contribution in [0.15, 0.2) is 11.6 Å². The van der Waals surface area contributed by atoms with E-state index in [1.54, 1.807) is 19.9 Å². The first-order valence-corrected chi connectivity index (χ1v) is 12.3. The summed E-state index contributed by atoms with van der Waals surface area (Å²) >= 11 is 6.08. The molecule has 32 heavy (non-hydrogen) atoms. The standard InChI is InChI=1S/C25H34ClFO5/c1-20(2)31-19-11-16-22(4)8-6-14-10-15(28)7-9-21(14,3)25(22,27)17(29)12-23(16,5)24(19,32-20)18(30)13-26/h10,16-17,19,29H,6-9,11-13H2,1-5H3/t16-,17-,19+,21-,22-,23-,24+,25-/m0/s1. The van der Waals surface area contributed by atoms with Gasteiger partial charge < -0.3 is 14.6 Å². The highest BCUT2D eigenvalue weighted by atomic mass is 35.5. The molecule has 0 bridgehead atoms. The Morgan fingerprint density at radius 3 is 2.53 bits per heavy atom. The van der Waals surface area contributed by atoms with Gasteiger partial charge in [0, 0.05) is 22.7 Å². The Hall–Kier alpha value is -0.820. The van der Waals surface area contributed by atoms with Crippen LogP contribution in [0.25, 0.3) is 0 Å². The number of hydrogen-bond donors (Lipinski definition) is 1. The average molecular weight is 469 g/mol. The molecule has 0 amide bonds. The number of halogens is 2. The molecule has 0 unspecified atom stereocenters. The van der Waals surface area contributed by atoms with E-state index in [-0.39, 0.29) is 36.2 Å². The van der Waals surface area contributed by atoms with E-state index in [1.807, 2.05) is 20.8 Å². The quantitative estimate of drug-likeness (QED) is 0.612. The van der Waals surface area contributed by atoms with E-state index in [1.165, 1.54) is 0 Å². The van der Waals surface area contributed by atoms with Gasteiger partial charge in [0.1, 0.15) is 0 Å². The Morgan fingerprint density at radius 2 is 1.88 bits per heavy atom. The Labute approximate surface area is 194 Å². The van der Waals surface area contributed by atoms with Gasteiger partial charge in [0.2, 0.25) is 0 Å². The molecule has 3 saturated carbocycles. The predicted molar refractivity (Wildman–Crippen MR) is 117 cm³/mol. The largest absolute Gasteiger partial charge is 0.390 e. The maximum Gasteiger partial charge on any atom is 0.182 e. The summed E-state index contributed by atoms with van der Waals surface area (Å²) in [6.45, 7) is 9.33. The fraction of sp³-hybridized carbons (Fsp3) is 0.840. The number of fused-ring (bicyclic) bond motifs is 7. The fourth-order valence-electron chi connectivity index (χ4n) is 8.89. The van der Waals surface area contributed by atoms with Gasteiger partial charge in [0.15, 0.2) is 28.6 Å². The van der Waals surface area contributed by atoms with E-state index in [0.29, 0.717) is 25.7 Å². The molecule has 7 heteroatoms. The van der Waals surface area contributed by atoms with Crippen LogP contribution in [-0.2, 0) is 19.1 Å². The smallest absolute Gasteiger partial charge is 0.182 e. The lowest BCUT2D eigenvalue weighted by atomic mass is 9.38. The molecule has 0 aromatic rings. The van der Waals surface area contributed by atoms with Gasteiger partial charge in [-0.05, 0) is 57.9 Å². The van der Waals surface area contributed by atoms with Crippen LogP contribution >= 0.6 is 11.6 Å². The number of aliphatic hydroxyl groups excluding tert-OH is 1. The summed E-state index contributed by atoms with van der Waals surface area (Å²) in [6, 6.07) is 0. The highest BCUT2D eigenvalue weighted by Gasteiger charge is 2.83. The molecule has 5 nitrogen and oxygen atoms in total. The van der Waals surface area contributed by atoms with Crippen LogP contribution in [0.4, 0.5) is 4.39 Å². The zero-order chi connectivity index (χ0) is 23.5. The highest BCUT2D eigenvalue weighted by molar-refractivity contribution is 6.29. The molecule has 1 heterocycles. The molecule has 4 fully saturated rings. The minimum Gasteiger partial charge on any atom is -0.390 e. The van der Waals surface area contributed by atoms with Crippen molar-refractivity contribution in [2.75, 3.05) is 5.88 Å². The summed E-state index contributed by atoms with van der Waals surface area (Å²) in [5.74, 6) is -1.65. The molecule has 8 atom stereocenters. The molecular weight excluding hydrogens is 435 g/mol. The number of hydrogen-bond acceptors (Lipinski definition) is 5. The van der Waals surface area contributed by atoms with Crippen molar-refractivity contribution >= 4 is 23.2 Å². The Kier molecular flexibility index (Phi) is 4.62. The monoisotopic (exact) mass is 468 g/mol. The van der Waals surface area contributed by atoms with Crippen LogP contribution in [0, 0.1) is 22.2 Å². The van der Waals surface area contributed by atoms with E-state index >= 15 is 4.39 Å². The molecule has 4 aliphatic carbocycles.